The van der Waals surface area contributed by atoms with Gasteiger partial charge in [-0.1, -0.05) is 33.3 Å². The number of allylic oxidation sites excluding steroid dienone is 1. The highest BCUT2D eigenvalue weighted by Crippen LogP contribution is 2.24. The third-order valence-electron chi connectivity index (χ3n) is 1.30. The Balaban J connectivity index is 0. The van der Waals surface area contributed by atoms with Gasteiger partial charge in [0, 0.05) is 6.42 Å². The first-order chi connectivity index (χ1) is 5.83. The van der Waals surface area contributed by atoms with Crippen LogP contribution in [0.1, 0.15) is 40.0 Å². The van der Waals surface area contributed by atoms with E-state index in [4.69, 9.17) is 0 Å². The second kappa shape index (κ2) is 8.54. The van der Waals surface area contributed by atoms with Gasteiger partial charge in [0.05, 0.1) is 0 Å². The van der Waals surface area contributed by atoms with E-state index in [1.54, 1.807) is 0 Å². The minimum Gasteiger partial charge on any atom is -0.195 e. The Morgan fingerprint density at radius 3 is 1.92 bits per heavy atom. The van der Waals surface area contributed by atoms with E-state index >= 15 is 0 Å². The molecule has 0 nitrogen and oxygen atoms in total. The normalized spacial score (nSPS) is 10.7. The van der Waals surface area contributed by atoms with Gasteiger partial charge < -0.3 is 0 Å². The summed E-state index contributed by atoms with van der Waals surface area (Å²) in [6.45, 7) is 9.64. The molecule has 0 bridgehead atoms. The van der Waals surface area contributed by atoms with Gasteiger partial charge in [-0.2, -0.15) is 8.78 Å². The van der Waals surface area contributed by atoms with Crippen LogP contribution in [-0.4, -0.2) is 5.25 Å². The van der Waals surface area contributed by atoms with E-state index in [0.717, 1.165) is 6.42 Å². The molecular weight excluding hydrogens is 190 g/mol. The number of thiol groups is 1. The second-order valence-electron chi connectivity index (χ2n) is 3.25. The third-order valence-corrected chi connectivity index (χ3v) is 1.53. The maximum absolute atomic E-state index is 11.8. The molecule has 3 heteroatoms. The molecule has 0 rings (SSSR count). The van der Waals surface area contributed by atoms with Crippen LogP contribution in [0.3, 0.4) is 0 Å². The standard InChI is InChI=1S/C5H10F2S.C5H10/c1-2-3-4-5(6,7)8;1-4-5(2)3/h8H,2-4H2,1H3;4-5H,1H2,2-3H3. The number of hydrogen-bond donors (Lipinski definition) is 1. The van der Waals surface area contributed by atoms with E-state index in [0.29, 0.717) is 12.3 Å². The molecule has 0 aliphatic carbocycles. The quantitative estimate of drug-likeness (QED) is 0.511. The molecule has 0 unspecified atom stereocenters. The zero-order valence-corrected chi connectivity index (χ0v) is 9.58. The Morgan fingerprint density at radius 1 is 1.46 bits per heavy atom. The van der Waals surface area contributed by atoms with Gasteiger partial charge in [0.15, 0.2) is 0 Å². The Hall–Kier alpha value is -0.0500. The highest BCUT2D eigenvalue weighted by Gasteiger charge is 2.20. The van der Waals surface area contributed by atoms with Gasteiger partial charge in [-0.3, -0.25) is 0 Å². The fourth-order valence-electron chi connectivity index (χ4n) is 0.389. The van der Waals surface area contributed by atoms with Crippen molar-refractivity contribution < 1.29 is 8.78 Å². The first kappa shape index (κ1) is 15.4. The number of unbranched alkanes of at least 4 members (excludes halogenated alkanes) is 1. The molecule has 0 aromatic heterocycles. The monoisotopic (exact) mass is 210 g/mol. The minimum absolute atomic E-state index is 0.105. The summed E-state index contributed by atoms with van der Waals surface area (Å²) in [5, 5.41) is -2.75. The van der Waals surface area contributed by atoms with Crippen molar-refractivity contribution in [1.29, 1.82) is 0 Å². The predicted octanol–water partition coefficient (Wildman–Crippen LogP) is 4.53. The van der Waals surface area contributed by atoms with Gasteiger partial charge in [-0.25, -0.2) is 0 Å². The lowest BCUT2D eigenvalue weighted by atomic mass is 10.2. The number of halogens is 2. The zero-order valence-electron chi connectivity index (χ0n) is 8.69. The predicted molar refractivity (Wildman–Crippen MR) is 58.5 cm³/mol. The molecule has 0 aromatic carbocycles. The summed E-state index contributed by atoms with van der Waals surface area (Å²) in [6.07, 6.45) is 3.17. The van der Waals surface area contributed by atoms with Crippen LogP contribution in [0.15, 0.2) is 12.7 Å². The molecule has 0 heterocycles. The van der Waals surface area contributed by atoms with Gasteiger partial charge in [-0.15, -0.1) is 19.2 Å². The molecule has 0 saturated carbocycles. The van der Waals surface area contributed by atoms with Gasteiger partial charge in [-0.05, 0) is 12.3 Å². The number of rotatable bonds is 4. The van der Waals surface area contributed by atoms with Crippen molar-refractivity contribution in [2.24, 2.45) is 5.92 Å². The Labute approximate surface area is 85.8 Å². The Bertz CT molecular complexity index is 117. The van der Waals surface area contributed by atoms with Crippen LogP contribution in [0.25, 0.3) is 0 Å². The van der Waals surface area contributed by atoms with Crippen molar-refractivity contribution in [3.05, 3.63) is 12.7 Å². The van der Waals surface area contributed by atoms with E-state index in [2.05, 4.69) is 33.1 Å². The summed E-state index contributed by atoms with van der Waals surface area (Å²) in [7, 11) is 0. The first-order valence-corrected chi connectivity index (χ1v) is 5.01. The van der Waals surface area contributed by atoms with Crippen LogP contribution >= 0.6 is 12.6 Å². The lowest BCUT2D eigenvalue weighted by Crippen LogP contribution is -2.03. The van der Waals surface area contributed by atoms with Gasteiger partial charge in [0.1, 0.15) is 0 Å². The Morgan fingerprint density at radius 2 is 1.85 bits per heavy atom. The van der Waals surface area contributed by atoms with Crippen LogP contribution in [0.5, 0.6) is 0 Å². The molecule has 0 spiro atoms. The molecule has 0 saturated heterocycles. The van der Waals surface area contributed by atoms with Crippen molar-refractivity contribution in [2.45, 2.75) is 45.3 Å². The SMILES string of the molecule is C=CC(C)C.CCCCC(F)(F)S. The summed E-state index contributed by atoms with van der Waals surface area (Å²) < 4.78 is 23.5. The van der Waals surface area contributed by atoms with E-state index in [9.17, 15) is 8.78 Å². The molecule has 80 valence electrons. The van der Waals surface area contributed by atoms with E-state index in [1.807, 2.05) is 13.0 Å². The molecule has 13 heavy (non-hydrogen) atoms. The minimum atomic E-state index is -2.75. The van der Waals surface area contributed by atoms with Crippen LogP contribution in [0.4, 0.5) is 8.78 Å². The van der Waals surface area contributed by atoms with Crippen LogP contribution in [-0.2, 0) is 0 Å². The van der Waals surface area contributed by atoms with Gasteiger partial charge in [0.2, 0.25) is 0 Å². The summed E-state index contributed by atoms with van der Waals surface area (Å²) >= 11 is 3.06. The summed E-state index contributed by atoms with van der Waals surface area (Å²) in [6, 6.07) is 0. The average molecular weight is 210 g/mol. The molecule has 0 N–H and O–H groups in total. The highest BCUT2D eigenvalue weighted by atomic mass is 32.1. The largest absolute Gasteiger partial charge is 0.291 e. The molecular formula is C10H20F2S. The number of alkyl halides is 2. The topological polar surface area (TPSA) is 0 Å². The zero-order chi connectivity index (χ0) is 10.9. The number of hydrogen-bond acceptors (Lipinski definition) is 1. The maximum atomic E-state index is 11.8. The second-order valence-corrected chi connectivity index (χ2v) is 3.90. The summed E-state index contributed by atoms with van der Waals surface area (Å²) in [5.74, 6) is 0.648. The summed E-state index contributed by atoms with van der Waals surface area (Å²) in [5.41, 5.74) is 0. The molecule has 0 aliphatic heterocycles. The lowest BCUT2D eigenvalue weighted by molar-refractivity contribution is 0.0955. The molecule has 0 atom stereocenters. The molecule has 0 fully saturated rings. The average Bonchev–Trinajstić information content (AvgIpc) is 2.00. The molecule has 0 amide bonds. The van der Waals surface area contributed by atoms with Crippen molar-refractivity contribution >= 4 is 12.6 Å². The van der Waals surface area contributed by atoms with Crippen molar-refractivity contribution in [3.63, 3.8) is 0 Å². The molecule has 0 aliphatic rings. The van der Waals surface area contributed by atoms with Crippen LogP contribution in [0, 0.1) is 5.92 Å². The smallest absolute Gasteiger partial charge is 0.195 e. The van der Waals surface area contributed by atoms with Gasteiger partial charge >= 0.3 is 0 Å². The lowest BCUT2D eigenvalue weighted by Gasteiger charge is -2.05. The fourth-order valence-corrected chi connectivity index (χ4v) is 0.548. The fraction of sp³-hybridized carbons (Fsp3) is 0.800. The Kier molecular flexibility index (Phi) is 10.1. The highest BCUT2D eigenvalue weighted by molar-refractivity contribution is 7.81. The molecule has 0 radical (unpaired) electrons. The summed E-state index contributed by atoms with van der Waals surface area (Å²) in [4.78, 5) is 0. The van der Waals surface area contributed by atoms with E-state index < -0.39 is 5.25 Å². The van der Waals surface area contributed by atoms with E-state index in [1.165, 1.54) is 0 Å². The van der Waals surface area contributed by atoms with Crippen molar-refractivity contribution in [2.75, 3.05) is 0 Å². The van der Waals surface area contributed by atoms with E-state index in [-0.39, 0.29) is 6.42 Å². The van der Waals surface area contributed by atoms with Crippen molar-refractivity contribution in [1.82, 2.24) is 0 Å². The van der Waals surface area contributed by atoms with Crippen molar-refractivity contribution in [3.8, 4) is 0 Å². The molecule has 0 aromatic rings. The third kappa shape index (κ3) is 24.5. The first-order valence-electron chi connectivity index (χ1n) is 4.56. The van der Waals surface area contributed by atoms with Crippen LogP contribution < -0.4 is 0 Å². The van der Waals surface area contributed by atoms with Crippen LogP contribution in [0.2, 0.25) is 0 Å². The van der Waals surface area contributed by atoms with Gasteiger partial charge in [0.25, 0.3) is 5.25 Å². The maximum Gasteiger partial charge on any atom is 0.291 e.